The zero-order chi connectivity index (χ0) is 13.7. The third kappa shape index (κ3) is 4.59. The topological polar surface area (TPSA) is 44.3 Å². The molecule has 106 valence electrons. The van der Waals surface area contributed by atoms with Crippen LogP contribution in [0, 0.1) is 0 Å². The first kappa shape index (κ1) is 14.5. The lowest BCUT2D eigenvalue weighted by atomic mass is 10.0. The number of aromatic hydroxyl groups is 1. The van der Waals surface area contributed by atoms with Gasteiger partial charge >= 0.3 is 0 Å². The Bertz CT molecular complexity index is 403. The van der Waals surface area contributed by atoms with Crippen LogP contribution in [-0.4, -0.2) is 23.7 Å². The van der Waals surface area contributed by atoms with Crippen LogP contribution in [0.3, 0.4) is 0 Å². The Morgan fingerprint density at radius 3 is 3.05 bits per heavy atom. The van der Waals surface area contributed by atoms with E-state index in [-0.39, 0.29) is 5.75 Å². The van der Waals surface area contributed by atoms with Gasteiger partial charge in [0, 0.05) is 17.8 Å². The van der Waals surface area contributed by atoms with Gasteiger partial charge in [0.15, 0.2) is 0 Å². The first-order valence-electron chi connectivity index (χ1n) is 7.13. The Morgan fingerprint density at radius 1 is 1.42 bits per heavy atom. The number of phenolic OH excluding ortho intramolecular Hbond substituents is 1. The third-order valence-electron chi connectivity index (χ3n) is 3.66. The summed E-state index contributed by atoms with van der Waals surface area (Å²) in [6.07, 6.45) is 6.35. The van der Waals surface area contributed by atoms with Gasteiger partial charge in [-0.25, -0.2) is 0 Å². The summed E-state index contributed by atoms with van der Waals surface area (Å²) >= 11 is 5.91. The zero-order valence-corrected chi connectivity index (χ0v) is 12.2. The molecule has 0 aromatic heterocycles. The fraction of sp³-hybridized carbons (Fsp3) is 0.600. The van der Waals surface area contributed by atoms with Gasteiger partial charge in [-0.1, -0.05) is 24.4 Å². The van der Waals surface area contributed by atoms with E-state index in [1.807, 2.05) is 6.07 Å². The molecule has 0 bridgehead atoms. The number of rotatable bonds is 4. The van der Waals surface area contributed by atoms with Crippen LogP contribution in [0.1, 0.15) is 39.0 Å². The number of hydrogen-bond acceptors (Lipinski definition) is 3. The summed E-state index contributed by atoms with van der Waals surface area (Å²) < 4.78 is 0. The summed E-state index contributed by atoms with van der Waals surface area (Å²) in [6, 6.07) is 6.25. The first-order chi connectivity index (χ1) is 9.15. The first-order valence-corrected chi connectivity index (χ1v) is 7.51. The maximum atomic E-state index is 9.40. The summed E-state index contributed by atoms with van der Waals surface area (Å²) in [6.45, 7) is 3.33. The standard InChI is InChI=1S/C15H23ClN2O/c1-11(9-12-5-3-2-4-8-17-12)18-13-6-7-15(19)14(16)10-13/h6-7,10-12,17-19H,2-5,8-9H2,1H3. The maximum Gasteiger partial charge on any atom is 0.134 e. The molecule has 0 radical (unpaired) electrons. The van der Waals surface area contributed by atoms with Gasteiger partial charge in [0.2, 0.25) is 0 Å². The van der Waals surface area contributed by atoms with Crippen LogP contribution in [0.2, 0.25) is 5.02 Å². The molecule has 19 heavy (non-hydrogen) atoms. The van der Waals surface area contributed by atoms with Crippen molar-refractivity contribution in [2.45, 2.75) is 51.1 Å². The molecule has 1 aromatic carbocycles. The van der Waals surface area contributed by atoms with Gasteiger partial charge in [-0.3, -0.25) is 0 Å². The fourth-order valence-corrected chi connectivity index (χ4v) is 2.85. The Hall–Kier alpha value is -0.930. The predicted octanol–water partition coefficient (Wildman–Crippen LogP) is 3.77. The Balaban J connectivity index is 1.85. The van der Waals surface area contributed by atoms with Crippen molar-refractivity contribution >= 4 is 17.3 Å². The van der Waals surface area contributed by atoms with Crippen LogP contribution in [-0.2, 0) is 0 Å². The van der Waals surface area contributed by atoms with E-state index >= 15 is 0 Å². The number of benzene rings is 1. The van der Waals surface area contributed by atoms with E-state index in [1.54, 1.807) is 12.1 Å². The summed E-state index contributed by atoms with van der Waals surface area (Å²) in [4.78, 5) is 0. The zero-order valence-electron chi connectivity index (χ0n) is 11.5. The summed E-state index contributed by atoms with van der Waals surface area (Å²) in [5, 5.41) is 16.8. The molecular formula is C15H23ClN2O. The van der Waals surface area contributed by atoms with Gasteiger partial charge in [0.05, 0.1) is 5.02 Å². The average Bonchev–Trinajstić information content (AvgIpc) is 2.62. The molecule has 2 rings (SSSR count). The van der Waals surface area contributed by atoms with E-state index in [1.165, 1.54) is 25.7 Å². The number of hydrogen-bond donors (Lipinski definition) is 3. The van der Waals surface area contributed by atoms with Gasteiger partial charge in [-0.15, -0.1) is 0 Å². The summed E-state index contributed by atoms with van der Waals surface area (Å²) in [5.74, 6) is 0.130. The highest BCUT2D eigenvalue weighted by atomic mass is 35.5. The van der Waals surface area contributed by atoms with Crippen LogP contribution in [0.15, 0.2) is 18.2 Å². The van der Waals surface area contributed by atoms with Crippen molar-refractivity contribution in [3.8, 4) is 5.75 Å². The van der Waals surface area contributed by atoms with E-state index in [2.05, 4.69) is 17.6 Å². The van der Waals surface area contributed by atoms with E-state index in [9.17, 15) is 5.11 Å². The van der Waals surface area contributed by atoms with Crippen LogP contribution in [0.5, 0.6) is 5.75 Å². The van der Waals surface area contributed by atoms with Gasteiger partial charge in [-0.2, -0.15) is 0 Å². The van der Waals surface area contributed by atoms with Crippen molar-refractivity contribution in [3.05, 3.63) is 23.2 Å². The van der Waals surface area contributed by atoms with E-state index in [0.29, 0.717) is 17.1 Å². The Morgan fingerprint density at radius 2 is 2.26 bits per heavy atom. The molecule has 2 unspecified atom stereocenters. The van der Waals surface area contributed by atoms with E-state index in [4.69, 9.17) is 11.6 Å². The van der Waals surface area contributed by atoms with Gasteiger partial charge in [0.25, 0.3) is 0 Å². The molecular weight excluding hydrogens is 260 g/mol. The molecule has 4 heteroatoms. The average molecular weight is 283 g/mol. The molecule has 1 aliphatic rings. The Kier molecular flexibility index (Phi) is 5.34. The molecule has 1 heterocycles. The monoisotopic (exact) mass is 282 g/mol. The molecule has 1 aromatic rings. The normalized spacial score (nSPS) is 21.7. The quantitative estimate of drug-likeness (QED) is 0.737. The second kappa shape index (κ2) is 7.01. The Labute approximate surface area is 120 Å². The largest absolute Gasteiger partial charge is 0.506 e. The van der Waals surface area contributed by atoms with Crippen molar-refractivity contribution in [2.75, 3.05) is 11.9 Å². The van der Waals surface area contributed by atoms with Gasteiger partial charge in [-0.05, 0) is 50.9 Å². The third-order valence-corrected chi connectivity index (χ3v) is 3.96. The minimum atomic E-state index is 0.130. The number of anilines is 1. The molecule has 0 saturated carbocycles. The molecule has 1 aliphatic heterocycles. The molecule has 1 fully saturated rings. The van der Waals surface area contributed by atoms with Crippen LogP contribution in [0.25, 0.3) is 0 Å². The minimum absolute atomic E-state index is 0.130. The van der Waals surface area contributed by atoms with E-state index in [0.717, 1.165) is 18.7 Å². The second-order valence-corrected chi connectivity index (χ2v) is 5.85. The van der Waals surface area contributed by atoms with Crippen molar-refractivity contribution in [1.29, 1.82) is 0 Å². The molecule has 3 N–H and O–H groups in total. The molecule has 0 spiro atoms. The van der Waals surface area contributed by atoms with Crippen LogP contribution < -0.4 is 10.6 Å². The lowest BCUT2D eigenvalue weighted by molar-refractivity contribution is 0.456. The highest BCUT2D eigenvalue weighted by Crippen LogP contribution is 2.26. The lowest BCUT2D eigenvalue weighted by Crippen LogP contribution is -2.33. The maximum absolute atomic E-state index is 9.40. The van der Waals surface area contributed by atoms with Crippen molar-refractivity contribution in [3.63, 3.8) is 0 Å². The second-order valence-electron chi connectivity index (χ2n) is 5.45. The highest BCUT2D eigenvalue weighted by Gasteiger charge is 2.15. The molecule has 0 aliphatic carbocycles. The summed E-state index contributed by atoms with van der Waals surface area (Å²) in [7, 11) is 0. The fourth-order valence-electron chi connectivity index (χ4n) is 2.67. The molecule has 3 nitrogen and oxygen atoms in total. The van der Waals surface area contributed by atoms with Gasteiger partial charge in [0.1, 0.15) is 5.75 Å². The summed E-state index contributed by atoms with van der Waals surface area (Å²) in [5.41, 5.74) is 0.962. The number of nitrogens with one attached hydrogen (secondary N) is 2. The van der Waals surface area contributed by atoms with Crippen molar-refractivity contribution in [2.24, 2.45) is 0 Å². The molecule has 2 atom stereocenters. The smallest absolute Gasteiger partial charge is 0.134 e. The van der Waals surface area contributed by atoms with Crippen molar-refractivity contribution in [1.82, 2.24) is 5.32 Å². The van der Waals surface area contributed by atoms with E-state index < -0.39 is 0 Å². The number of phenols is 1. The number of halogens is 1. The predicted molar refractivity (Wildman–Crippen MR) is 81.1 cm³/mol. The van der Waals surface area contributed by atoms with Gasteiger partial charge < -0.3 is 15.7 Å². The lowest BCUT2D eigenvalue weighted by Gasteiger charge is -2.22. The van der Waals surface area contributed by atoms with Crippen LogP contribution >= 0.6 is 11.6 Å². The van der Waals surface area contributed by atoms with Crippen molar-refractivity contribution < 1.29 is 5.11 Å². The molecule has 1 saturated heterocycles. The SMILES string of the molecule is CC(CC1CCCCCN1)Nc1ccc(O)c(Cl)c1. The molecule has 0 amide bonds. The van der Waals surface area contributed by atoms with Crippen LogP contribution in [0.4, 0.5) is 5.69 Å². The minimum Gasteiger partial charge on any atom is -0.506 e. The highest BCUT2D eigenvalue weighted by molar-refractivity contribution is 6.32.